The van der Waals surface area contributed by atoms with E-state index < -0.39 is 8.32 Å². The van der Waals surface area contributed by atoms with Crippen LogP contribution in [0.25, 0.3) is 0 Å². The van der Waals surface area contributed by atoms with Crippen LogP contribution in [0.1, 0.15) is 33.3 Å². The molecule has 0 radical (unpaired) electrons. The van der Waals surface area contributed by atoms with Gasteiger partial charge in [-0.15, -0.1) is 0 Å². The van der Waals surface area contributed by atoms with E-state index in [2.05, 4.69) is 80.2 Å². The summed E-state index contributed by atoms with van der Waals surface area (Å²) in [6.45, 7) is 15.3. The monoisotopic (exact) mass is 343 g/mol. The lowest BCUT2D eigenvalue weighted by atomic mass is 10.2. The number of rotatable bonds is 5. The quantitative estimate of drug-likeness (QED) is 0.764. The third-order valence-electron chi connectivity index (χ3n) is 3.76. The van der Waals surface area contributed by atoms with Crippen molar-refractivity contribution < 1.29 is 4.43 Å². The second-order valence-electron chi connectivity index (χ2n) is 6.39. The van der Waals surface area contributed by atoms with Gasteiger partial charge in [-0.1, -0.05) is 43.6 Å². The fourth-order valence-electron chi connectivity index (χ4n) is 1.47. The average molecular weight is 344 g/mol. The van der Waals surface area contributed by atoms with E-state index in [0.717, 1.165) is 23.3 Å². The van der Waals surface area contributed by atoms with Gasteiger partial charge in [-0.25, -0.2) is 0 Å². The van der Waals surface area contributed by atoms with E-state index in [0.29, 0.717) is 0 Å². The Morgan fingerprint density at radius 1 is 1.26 bits per heavy atom. The standard InChI is InChI=1S/C15H26BrNOSi/c1-7-17-11-12-10-13(16)8-9-14(12)18-19(5,6)15(2,3)4/h8-10,17H,7,11H2,1-6H3. The number of benzene rings is 1. The van der Waals surface area contributed by atoms with Crippen LogP contribution >= 0.6 is 15.9 Å². The van der Waals surface area contributed by atoms with Crippen molar-refractivity contribution in [1.82, 2.24) is 5.32 Å². The molecule has 0 amide bonds. The number of hydrogen-bond donors (Lipinski definition) is 1. The number of nitrogens with one attached hydrogen (secondary N) is 1. The molecule has 1 aromatic rings. The molecule has 0 unspecified atom stereocenters. The first-order valence-electron chi connectivity index (χ1n) is 6.85. The van der Waals surface area contributed by atoms with Crippen molar-refractivity contribution in [1.29, 1.82) is 0 Å². The Hall–Kier alpha value is -0.323. The molecule has 4 heteroatoms. The van der Waals surface area contributed by atoms with Gasteiger partial charge in [0, 0.05) is 16.6 Å². The summed E-state index contributed by atoms with van der Waals surface area (Å²) in [6.07, 6.45) is 0. The van der Waals surface area contributed by atoms with Gasteiger partial charge in [0.15, 0.2) is 0 Å². The molecule has 0 aliphatic rings. The molecule has 0 saturated heterocycles. The third-order valence-corrected chi connectivity index (χ3v) is 8.60. The summed E-state index contributed by atoms with van der Waals surface area (Å²) in [7, 11) is -1.78. The first kappa shape index (κ1) is 16.7. The zero-order valence-electron chi connectivity index (χ0n) is 12.9. The maximum Gasteiger partial charge on any atom is 0.250 e. The fourth-order valence-corrected chi connectivity index (χ4v) is 2.94. The molecule has 0 bridgehead atoms. The summed E-state index contributed by atoms with van der Waals surface area (Å²) in [6, 6.07) is 6.28. The number of hydrogen-bond acceptors (Lipinski definition) is 2. The topological polar surface area (TPSA) is 21.3 Å². The van der Waals surface area contributed by atoms with Gasteiger partial charge < -0.3 is 9.74 Å². The summed E-state index contributed by atoms with van der Waals surface area (Å²) >= 11 is 3.54. The zero-order chi connectivity index (χ0) is 14.7. The van der Waals surface area contributed by atoms with Gasteiger partial charge in [-0.3, -0.25) is 0 Å². The Morgan fingerprint density at radius 2 is 1.89 bits per heavy atom. The molecule has 108 valence electrons. The van der Waals surface area contributed by atoms with Crippen LogP contribution in [0.5, 0.6) is 5.75 Å². The predicted molar refractivity (Wildman–Crippen MR) is 89.3 cm³/mol. The molecule has 19 heavy (non-hydrogen) atoms. The van der Waals surface area contributed by atoms with E-state index in [9.17, 15) is 0 Å². The molecule has 0 aromatic heterocycles. The van der Waals surface area contributed by atoms with E-state index in [4.69, 9.17) is 4.43 Å². The molecular weight excluding hydrogens is 318 g/mol. The van der Waals surface area contributed by atoms with Crippen LogP contribution in [0.3, 0.4) is 0 Å². The Kier molecular flexibility index (Phi) is 5.65. The van der Waals surface area contributed by atoms with Crippen LogP contribution in [0.4, 0.5) is 0 Å². The first-order chi connectivity index (χ1) is 8.67. The zero-order valence-corrected chi connectivity index (χ0v) is 15.5. The van der Waals surface area contributed by atoms with Crippen molar-refractivity contribution >= 4 is 24.2 Å². The van der Waals surface area contributed by atoms with Crippen molar-refractivity contribution in [3.8, 4) is 5.75 Å². The molecule has 0 aliphatic carbocycles. The van der Waals surface area contributed by atoms with Crippen LogP contribution in [-0.2, 0) is 6.54 Å². The highest BCUT2D eigenvalue weighted by molar-refractivity contribution is 9.10. The summed E-state index contributed by atoms with van der Waals surface area (Å²) in [4.78, 5) is 0. The van der Waals surface area contributed by atoms with Crippen molar-refractivity contribution in [2.45, 2.75) is 52.4 Å². The maximum absolute atomic E-state index is 6.43. The summed E-state index contributed by atoms with van der Waals surface area (Å²) in [5, 5.41) is 3.59. The maximum atomic E-state index is 6.43. The Morgan fingerprint density at radius 3 is 2.42 bits per heavy atom. The van der Waals surface area contributed by atoms with E-state index in [1.54, 1.807) is 0 Å². The largest absolute Gasteiger partial charge is 0.543 e. The highest BCUT2D eigenvalue weighted by Gasteiger charge is 2.39. The lowest BCUT2D eigenvalue weighted by Gasteiger charge is -2.37. The fraction of sp³-hybridized carbons (Fsp3) is 0.600. The second-order valence-corrected chi connectivity index (χ2v) is 12.0. The Labute approximate surface area is 127 Å². The van der Waals surface area contributed by atoms with Gasteiger partial charge in [0.05, 0.1) is 0 Å². The number of halogens is 1. The molecule has 0 heterocycles. The van der Waals surface area contributed by atoms with Crippen molar-refractivity contribution in [2.24, 2.45) is 0 Å². The average Bonchev–Trinajstić information content (AvgIpc) is 2.27. The molecule has 1 aromatic carbocycles. The van der Waals surface area contributed by atoms with E-state index in [1.165, 1.54) is 5.56 Å². The molecule has 0 saturated carbocycles. The third kappa shape index (κ3) is 4.62. The van der Waals surface area contributed by atoms with Crippen LogP contribution in [0, 0.1) is 0 Å². The van der Waals surface area contributed by atoms with Gasteiger partial charge in [0.1, 0.15) is 5.75 Å². The highest BCUT2D eigenvalue weighted by atomic mass is 79.9. The van der Waals surface area contributed by atoms with E-state index >= 15 is 0 Å². The summed E-state index contributed by atoms with van der Waals surface area (Å²) in [5.74, 6) is 1.02. The van der Waals surface area contributed by atoms with Crippen LogP contribution in [0.2, 0.25) is 18.1 Å². The highest BCUT2D eigenvalue weighted by Crippen LogP contribution is 2.38. The normalized spacial score (nSPS) is 12.6. The summed E-state index contributed by atoms with van der Waals surface area (Å²) < 4.78 is 7.53. The minimum atomic E-state index is -1.78. The molecule has 0 fully saturated rings. The van der Waals surface area contributed by atoms with Crippen molar-refractivity contribution in [3.63, 3.8) is 0 Å². The van der Waals surface area contributed by atoms with Gasteiger partial charge >= 0.3 is 0 Å². The molecule has 1 N–H and O–H groups in total. The molecule has 2 nitrogen and oxygen atoms in total. The molecular formula is C15H26BrNOSi. The van der Waals surface area contributed by atoms with Crippen LogP contribution < -0.4 is 9.74 Å². The van der Waals surface area contributed by atoms with E-state index in [-0.39, 0.29) is 5.04 Å². The first-order valence-corrected chi connectivity index (χ1v) is 10.6. The lowest BCUT2D eigenvalue weighted by Crippen LogP contribution is -2.44. The van der Waals surface area contributed by atoms with Gasteiger partial charge in [0.2, 0.25) is 8.32 Å². The second kappa shape index (κ2) is 6.42. The van der Waals surface area contributed by atoms with E-state index in [1.807, 2.05) is 0 Å². The Balaban J connectivity index is 3.00. The smallest absolute Gasteiger partial charge is 0.250 e. The minimum Gasteiger partial charge on any atom is -0.543 e. The van der Waals surface area contributed by atoms with Crippen LogP contribution in [0.15, 0.2) is 22.7 Å². The van der Waals surface area contributed by atoms with Crippen LogP contribution in [-0.4, -0.2) is 14.9 Å². The minimum absolute atomic E-state index is 0.218. The Bertz CT molecular complexity index is 427. The SMILES string of the molecule is CCNCc1cc(Br)ccc1O[Si](C)(C)C(C)(C)C. The predicted octanol–water partition coefficient (Wildman–Crippen LogP) is 4.94. The van der Waals surface area contributed by atoms with Crippen molar-refractivity contribution in [3.05, 3.63) is 28.2 Å². The van der Waals surface area contributed by atoms with Gasteiger partial charge in [-0.05, 0) is 42.9 Å². The summed E-state index contributed by atoms with van der Waals surface area (Å²) in [5.41, 5.74) is 1.22. The molecule has 0 spiro atoms. The molecule has 0 atom stereocenters. The van der Waals surface area contributed by atoms with Crippen molar-refractivity contribution in [2.75, 3.05) is 6.54 Å². The lowest BCUT2D eigenvalue weighted by molar-refractivity contribution is 0.484. The molecule has 0 aliphatic heterocycles. The molecule has 1 rings (SSSR count). The van der Waals surface area contributed by atoms with Gasteiger partial charge in [0.25, 0.3) is 0 Å². The van der Waals surface area contributed by atoms with Gasteiger partial charge in [-0.2, -0.15) is 0 Å².